The first-order chi connectivity index (χ1) is 6.33. The van der Waals surface area contributed by atoms with Crippen LogP contribution in [0, 0.1) is 6.92 Å². The van der Waals surface area contributed by atoms with Crippen molar-refractivity contribution < 1.29 is 0 Å². The van der Waals surface area contributed by atoms with Gasteiger partial charge in [0.1, 0.15) is 5.82 Å². The van der Waals surface area contributed by atoms with Gasteiger partial charge >= 0.3 is 0 Å². The molecule has 2 nitrogen and oxygen atoms in total. The smallest absolute Gasteiger partial charge is 0.106 e. The van der Waals surface area contributed by atoms with Crippen molar-refractivity contribution >= 4 is 43.9 Å². The quantitative estimate of drug-likeness (QED) is 0.776. The number of aromatic nitrogens is 2. The van der Waals surface area contributed by atoms with E-state index in [0.717, 1.165) is 23.2 Å². The summed E-state index contributed by atoms with van der Waals surface area (Å²) >= 11 is 3.44. The second-order valence-corrected chi connectivity index (χ2v) is 3.78. The Balaban J connectivity index is 0.000000980. The Kier molecular flexibility index (Phi) is 4.13. The molecule has 0 radical (unpaired) electrons. The zero-order chi connectivity index (χ0) is 9.26. The summed E-state index contributed by atoms with van der Waals surface area (Å²) in [5, 5.41) is 0.966. The van der Waals surface area contributed by atoms with E-state index in [9.17, 15) is 0 Å². The number of alkyl halides is 1. The van der Waals surface area contributed by atoms with Crippen molar-refractivity contribution in [2.75, 3.05) is 5.33 Å². The Hall–Kier alpha value is -0.350. The fourth-order valence-electron chi connectivity index (χ4n) is 1.56. The molecule has 1 aromatic carbocycles. The molecule has 0 bridgehead atoms. The summed E-state index contributed by atoms with van der Waals surface area (Å²) in [6.45, 7) is 3.02. The molecule has 0 spiro atoms. The number of rotatable bonds is 2. The largest absolute Gasteiger partial charge is 0.327 e. The van der Waals surface area contributed by atoms with Crippen molar-refractivity contribution in [3.63, 3.8) is 0 Å². The molecular formula is C10H12Br2N2. The first-order valence-corrected chi connectivity index (χ1v) is 5.43. The predicted molar refractivity (Wildman–Crippen MR) is 68.6 cm³/mol. The molecule has 1 heterocycles. The monoisotopic (exact) mass is 318 g/mol. The lowest BCUT2D eigenvalue weighted by Gasteiger charge is -2.02. The van der Waals surface area contributed by atoms with Crippen molar-refractivity contribution in [1.29, 1.82) is 0 Å². The lowest BCUT2D eigenvalue weighted by Crippen LogP contribution is -2.00. The lowest BCUT2D eigenvalue weighted by atomic mass is 10.3. The predicted octanol–water partition coefficient (Wildman–Crippen LogP) is 3.32. The molecule has 2 aromatic rings. The van der Waals surface area contributed by atoms with Gasteiger partial charge in [0, 0.05) is 11.9 Å². The second-order valence-electron chi connectivity index (χ2n) is 2.99. The van der Waals surface area contributed by atoms with Crippen molar-refractivity contribution in [2.45, 2.75) is 13.5 Å². The summed E-state index contributed by atoms with van der Waals surface area (Å²) in [4.78, 5) is 4.47. The van der Waals surface area contributed by atoms with Gasteiger partial charge in [-0.3, -0.25) is 0 Å². The molecule has 0 saturated heterocycles. The van der Waals surface area contributed by atoms with Crippen LogP contribution in [0.1, 0.15) is 5.82 Å². The third-order valence-corrected chi connectivity index (χ3v) is 2.51. The van der Waals surface area contributed by atoms with Crippen molar-refractivity contribution in [1.82, 2.24) is 9.55 Å². The number of benzene rings is 1. The molecule has 0 aliphatic carbocycles. The number of nitrogens with zero attached hydrogens (tertiary/aromatic N) is 2. The maximum atomic E-state index is 4.47. The molecule has 0 amide bonds. The van der Waals surface area contributed by atoms with E-state index in [0.29, 0.717) is 0 Å². The second kappa shape index (κ2) is 4.94. The highest BCUT2D eigenvalue weighted by atomic mass is 79.9. The molecule has 0 saturated carbocycles. The molecule has 0 unspecified atom stereocenters. The van der Waals surface area contributed by atoms with Gasteiger partial charge in [0.25, 0.3) is 0 Å². The molecule has 0 N–H and O–H groups in total. The van der Waals surface area contributed by atoms with Gasteiger partial charge in [0.2, 0.25) is 0 Å². The summed E-state index contributed by atoms with van der Waals surface area (Å²) in [5.41, 5.74) is 2.31. The number of fused-ring (bicyclic) bond motifs is 1. The summed E-state index contributed by atoms with van der Waals surface area (Å²) in [5.74, 6) is 1.08. The van der Waals surface area contributed by atoms with E-state index in [2.05, 4.69) is 31.5 Å². The minimum Gasteiger partial charge on any atom is -0.327 e. The molecule has 4 heteroatoms. The number of halogens is 2. The van der Waals surface area contributed by atoms with Gasteiger partial charge < -0.3 is 4.57 Å². The van der Waals surface area contributed by atoms with Crippen molar-refractivity contribution in [2.24, 2.45) is 0 Å². The first kappa shape index (κ1) is 11.7. The lowest BCUT2D eigenvalue weighted by molar-refractivity contribution is 0.765. The van der Waals surface area contributed by atoms with Crippen LogP contribution in [0.3, 0.4) is 0 Å². The van der Waals surface area contributed by atoms with E-state index >= 15 is 0 Å². The van der Waals surface area contributed by atoms with Gasteiger partial charge in [-0.2, -0.15) is 0 Å². The third-order valence-electron chi connectivity index (χ3n) is 2.15. The maximum Gasteiger partial charge on any atom is 0.106 e. The van der Waals surface area contributed by atoms with Gasteiger partial charge in [-0.15, -0.1) is 17.0 Å². The zero-order valence-electron chi connectivity index (χ0n) is 7.90. The molecule has 0 atom stereocenters. The molecule has 0 aliphatic rings. The highest BCUT2D eigenvalue weighted by molar-refractivity contribution is 9.09. The van der Waals surface area contributed by atoms with Crippen LogP contribution in [0.25, 0.3) is 11.0 Å². The van der Waals surface area contributed by atoms with Crippen molar-refractivity contribution in [3.8, 4) is 0 Å². The summed E-state index contributed by atoms with van der Waals surface area (Å²) in [6.07, 6.45) is 0. The Morgan fingerprint density at radius 3 is 2.79 bits per heavy atom. The number of aryl methyl sites for hydroxylation is 2. The number of hydrogen-bond donors (Lipinski definition) is 0. The van der Waals surface area contributed by atoms with E-state index < -0.39 is 0 Å². The van der Waals surface area contributed by atoms with Crippen LogP contribution in [0.15, 0.2) is 24.3 Å². The highest BCUT2D eigenvalue weighted by Gasteiger charge is 2.04. The SMILES string of the molecule is Br.Cc1nc2ccccc2n1CCBr. The standard InChI is InChI=1S/C10H11BrN2.BrH/c1-8-12-9-4-2-3-5-10(9)13(8)7-6-11;/h2-5H,6-7H2,1H3;1H. The topological polar surface area (TPSA) is 17.8 Å². The van der Waals surface area contributed by atoms with E-state index in [1.165, 1.54) is 5.52 Å². The fourth-order valence-corrected chi connectivity index (χ4v) is 1.92. The number of para-hydroxylation sites is 2. The summed E-state index contributed by atoms with van der Waals surface area (Å²) < 4.78 is 2.23. The van der Waals surface area contributed by atoms with E-state index in [4.69, 9.17) is 0 Å². The van der Waals surface area contributed by atoms with E-state index in [1.807, 2.05) is 25.1 Å². The molecular weight excluding hydrogens is 308 g/mol. The Labute approximate surface area is 102 Å². The normalized spacial score (nSPS) is 10.1. The minimum atomic E-state index is 0. The first-order valence-electron chi connectivity index (χ1n) is 4.31. The number of hydrogen-bond acceptors (Lipinski definition) is 1. The molecule has 2 rings (SSSR count). The van der Waals surface area contributed by atoms with E-state index in [-0.39, 0.29) is 17.0 Å². The van der Waals surface area contributed by atoms with Gasteiger partial charge in [-0.05, 0) is 19.1 Å². The average Bonchev–Trinajstić information content (AvgIpc) is 2.44. The van der Waals surface area contributed by atoms with Gasteiger partial charge in [0.05, 0.1) is 11.0 Å². The third kappa shape index (κ3) is 2.01. The Morgan fingerprint density at radius 1 is 1.36 bits per heavy atom. The highest BCUT2D eigenvalue weighted by Crippen LogP contribution is 2.15. The van der Waals surface area contributed by atoms with Crippen LogP contribution < -0.4 is 0 Å². The molecule has 76 valence electrons. The Bertz CT molecular complexity index is 423. The van der Waals surface area contributed by atoms with Gasteiger partial charge in [0.15, 0.2) is 0 Å². The fraction of sp³-hybridized carbons (Fsp3) is 0.300. The zero-order valence-corrected chi connectivity index (χ0v) is 11.2. The maximum absolute atomic E-state index is 4.47. The molecule has 0 aliphatic heterocycles. The average molecular weight is 320 g/mol. The Morgan fingerprint density at radius 2 is 2.07 bits per heavy atom. The van der Waals surface area contributed by atoms with Crippen LogP contribution in [-0.2, 0) is 6.54 Å². The summed E-state index contributed by atoms with van der Waals surface area (Å²) in [6, 6.07) is 8.23. The van der Waals surface area contributed by atoms with Crippen LogP contribution in [0.5, 0.6) is 0 Å². The van der Waals surface area contributed by atoms with E-state index in [1.54, 1.807) is 0 Å². The van der Waals surface area contributed by atoms with Crippen molar-refractivity contribution in [3.05, 3.63) is 30.1 Å². The molecule has 14 heavy (non-hydrogen) atoms. The van der Waals surface area contributed by atoms with Crippen LogP contribution in [-0.4, -0.2) is 14.9 Å². The van der Waals surface area contributed by atoms with Crippen LogP contribution in [0.2, 0.25) is 0 Å². The molecule has 0 fully saturated rings. The summed E-state index contributed by atoms with van der Waals surface area (Å²) in [7, 11) is 0. The molecule has 1 aromatic heterocycles. The van der Waals surface area contributed by atoms with Gasteiger partial charge in [-0.1, -0.05) is 28.1 Å². The van der Waals surface area contributed by atoms with Gasteiger partial charge in [-0.25, -0.2) is 4.98 Å². The minimum absolute atomic E-state index is 0. The van der Waals surface area contributed by atoms with Crippen LogP contribution in [0.4, 0.5) is 0 Å². The number of imidazole rings is 1. The van der Waals surface area contributed by atoms with Crippen LogP contribution >= 0.6 is 32.9 Å².